The van der Waals surface area contributed by atoms with Gasteiger partial charge in [0.15, 0.2) is 18.1 Å². The first-order chi connectivity index (χ1) is 15.7. The van der Waals surface area contributed by atoms with Crippen LogP contribution in [-0.2, 0) is 4.79 Å². The summed E-state index contributed by atoms with van der Waals surface area (Å²) in [6, 6.07) is 18.5. The molecule has 0 radical (unpaired) electrons. The molecule has 1 amide bonds. The minimum atomic E-state index is -0.225. The molecule has 0 unspecified atom stereocenters. The third-order valence-corrected chi connectivity index (χ3v) is 4.71. The number of carbonyl (C=O) groups excluding carboxylic acids is 1. The van der Waals surface area contributed by atoms with Crippen molar-refractivity contribution >= 4 is 11.6 Å². The molecular formula is C23H23N5O4. The number of nitrogens with zero attached hydrogens (tertiary/aromatic N) is 4. The second-order valence-corrected chi connectivity index (χ2v) is 6.92. The molecule has 0 atom stereocenters. The van der Waals surface area contributed by atoms with Crippen LogP contribution < -0.4 is 19.5 Å². The van der Waals surface area contributed by atoms with Gasteiger partial charge < -0.3 is 19.5 Å². The number of carbonyl (C=O) groups is 1. The minimum absolute atomic E-state index is 0.0575. The van der Waals surface area contributed by atoms with E-state index in [1.165, 1.54) is 0 Å². The number of ether oxygens (including phenoxy) is 3. The summed E-state index contributed by atoms with van der Waals surface area (Å²) < 4.78 is 18.2. The number of nitrogens with one attached hydrogen (secondary N) is 1. The Morgan fingerprint density at radius 1 is 0.969 bits per heavy atom. The highest BCUT2D eigenvalue weighted by molar-refractivity contribution is 5.77. The van der Waals surface area contributed by atoms with E-state index in [1.807, 2.05) is 55.5 Å². The highest BCUT2D eigenvalue weighted by atomic mass is 16.5. The average Bonchev–Trinajstić information content (AvgIpc) is 3.24. The smallest absolute Gasteiger partial charge is 0.258 e. The topological polar surface area (TPSA) is 99.9 Å². The van der Waals surface area contributed by atoms with Crippen molar-refractivity contribution in [2.75, 3.05) is 26.9 Å². The van der Waals surface area contributed by atoms with Gasteiger partial charge in [-0.1, -0.05) is 30.3 Å². The van der Waals surface area contributed by atoms with Gasteiger partial charge in [-0.05, 0) is 36.8 Å². The first kappa shape index (κ1) is 21.1. The van der Waals surface area contributed by atoms with E-state index in [9.17, 15) is 4.79 Å². The number of hydrogen-bond acceptors (Lipinski definition) is 7. The van der Waals surface area contributed by atoms with Gasteiger partial charge >= 0.3 is 0 Å². The molecule has 0 aliphatic carbocycles. The van der Waals surface area contributed by atoms with Gasteiger partial charge in [-0.15, -0.1) is 15.3 Å². The normalized spacial score (nSPS) is 10.7. The van der Waals surface area contributed by atoms with Gasteiger partial charge in [0.1, 0.15) is 18.1 Å². The minimum Gasteiger partial charge on any atom is -0.496 e. The summed E-state index contributed by atoms with van der Waals surface area (Å²) in [4.78, 5) is 12.0. The van der Waals surface area contributed by atoms with Crippen molar-refractivity contribution in [3.63, 3.8) is 0 Å². The van der Waals surface area contributed by atoms with Crippen LogP contribution in [0.2, 0.25) is 0 Å². The first-order valence-electron chi connectivity index (χ1n) is 10.1. The number of benzene rings is 2. The lowest BCUT2D eigenvalue weighted by molar-refractivity contribution is -0.123. The number of aromatic nitrogens is 4. The maximum atomic E-state index is 12.0. The Balaban J connectivity index is 1.33. The van der Waals surface area contributed by atoms with Crippen molar-refractivity contribution in [1.29, 1.82) is 0 Å². The van der Waals surface area contributed by atoms with Gasteiger partial charge in [0, 0.05) is 6.07 Å². The molecule has 0 fully saturated rings. The van der Waals surface area contributed by atoms with Gasteiger partial charge in [-0.25, -0.2) is 0 Å². The number of aryl methyl sites for hydroxylation is 1. The molecule has 2 heterocycles. The van der Waals surface area contributed by atoms with Crippen LogP contribution >= 0.6 is 0 Å². The second kappa shape index (κ2) is 9.78. The van der Waals surface area contributed by atoms with Crippen molar-refractivity contribution < 1.29 is 19.0 Å². The molecule has 32 heavy (non-hydrogen) atoms. The molecule has 4 rings (SSSR count). The molecule has 0 saturated carbocycles. The van der Waals surface area contributed by atoms with Crippen LogP contribution in [-0.4, -0.2) is 52.6 Å². The van der Waals surface area contributed by atoms with Crippen LogP contribution in [0, 0.1) is 6.92 Å². The fourth-order valence-corrected chi connectivity index (χ4v) is 3.11. The van der Waals surface area contributed by atoms with E-state index < -0.39 is 0 Å². The maximum Gasteiger partial charge on any atom is 0.258 e. The first-order valence-corrected chi connectivity index (χ1v) is 10.1. The number of hydrogen-bond donors (Lipinski definition) is 1. The van der Waals surface area contributed by atoms with Crippen LogP contribution in [0.15, 0.2) is 60.7 Å². The van der Waals surface area contributed by atoms with Crippen molar-refractivity contribution in [3.8, 4) is 28.8 Å². The number of methoxy groups -OCH3 is 1. The van der Waals surface area contributed by atoms with E-state index in [2.05, 4.69) is 20.6 Å². The molecule has 2 aromatic carbocycles. The van der Waals surface area contributed by atoms with Crippen molar-refractivity contribution in [3.05, 3.63) is 66.2 Å². The highest BCUT2D eigenvalue weighted by Gasteiger charge is 2.14. The van der Waals surface area contributed by atoms with E-state index in [0.29, 0.717) is 35.4 Å². The van der Waals surface area contributed by atoms with Crippen LogP contribution in [0.3, 0.4) is 0 Å². The molecule has 0 saturated heterocycles. The zero-order chi connectivity index (χ0) is 22.3. The molecule has 0 aliphatic heterocycles. The largest absolute Gasteiger partial charge is 0.496 e. The molecular weight excluding hydrogens is 410 g/mol. The average molecular weight is 433 g/mol. The molecule has 2 aromatic heterocycles. The van der Waals surface area contributed by atoms with Crippen molar-refractivity contribution in [2.24, 2.45) is 0 Å². The monoisotopic (exact) mass is 433 g/mol. The van der Waals surface area contributed by atoms with Gasteiger partial charge in [0.05, 0.1) is 19.2 Å². The highest BCUT2D eigenvalue weighted by Crippen LogP contribution is 2.28. The zero-order valence-corrected chi connectivity index (χ0v) is 17.8. The van der Waals surface area contributed by atoms with E-state index >= 15 is 0 Å². The Hall–Kier alpha value is -4.14. The second-order valence-electron chi connectivity index (χ2n) is 6.92. The number of fused-ring (bicyclic) bond motifs is 1. The predicted molar refractivity (Wildman–Crippen MR) is 118 cm³/mol. The van der Waals surface area contributed by atoms with Crippen LogP contribution in [0.25, 0.3) is 17.0 Å². The Labute approximate surface area is 185 Å². The molecule has 0 spiro atoms. The Morgan fingerprint density at radius 3 is 2.56 bits per heavy atom. The summed E-state index contributed by atoms with van der Waals surface area (Å²) in [5.41, 5.74) is 2.33. The van der Waals surface area contributed by atoms with Crippen molar-refractivity contribution in [1.82, 2.24) is 25.1 Å². The van der Waals surface area contributed by atoms with Gasteiger partial charge in [0.2, 0.25) is 5.88 Å². The lowest BCUT2D eigenvalue weighted by Gasteiger charge is -2.10. The van der Waals surface area contributed by atoms with Crippen LogP contribution in [0.5, 0.6) is 17.4 Å². The molecule has 1 N–H and O–H groups in total. The van der Waals surface area contributed by atoms with Gasteiger partial charge in [-0.2, -0.15) is 4.52 Å². The Morgan fingerprint density at radius 2 is 1.75 bits per heavy atom. The summed E-state index contributed by atoms with van der Waals surface area (Å²) in [5, 5.41) is 15.6. The summed E-state index contributed by atoms with van der Waals surface area (Å²) in [6.45, 7) is 2.44. The lowest BCUT2D eigenvalue weighted by Crippen LogP contribution is -2.32. The van der Waals surface area contributed by atoms with Gasteiger partial charge in [0.25, 0.3) is 5.91 Å². The summed E-state index contributed by atoms with van der Waals surface area (Å²) >= 11 is 0. The molecule has 0 aliphatic rings. The summed E-state index contributed by atoms with van der Waals surface area (Å²) in [7, 11) is 1.60. The molecule has 9 nitrogen and oxygen atoms in total. The van der Waals surface area contributed by atoms with Gasteiger partial charge in [-0.3, -0.25) is 4.79 Å². The number of rotatable bonds is 9. The lowest BCUT2D eigenvalue weighted by atomic mass is 10.2. The Kier molecular flexibility index (Phi) is 6.45. The molecule has 4 aromatic rings. The van der Waals surface area contributed by atoms with Crippen molar-refractivity contribution in [2.45, 2.75) is 6.92 Å². The SMILES string of the molecule is COc1ccccc1-c1nnc2ccc(OCCNC(=O)COc3ccccc3C)nn12. The Bertz CT molecular complexity index is 1220. The fourth-order valence-electron chi connectivity index (χ4n) is 3.11. The predicted octanol–water partition coefficient (Wildman–Crippen LogP) is 2.68. The molecule has 9 heteroatoms. The van der Waals surface area contributed by atoms with E-state index in [1.54, 1.807) is 23.8 Å². The summed E-state index contributed by atoms with van der Waals surface area (Å²) in [6.07, 6.45) is 0. The van der Waals surface area contributed by atoms with E-state index in [0.717, 1.165) is 11.1 Å². The quantitative estimate of drug-likeness (QED) is 0.405. The van der Waals surface area contributed by atoms with Crippen LogP contribution in [0.1, 0.15) is 5.56 Å². The third kappa shape index (κ3) is 4.77. The third-order valence-electron chi connectivity index (χ3n) is 4.71. The number of amides is 1. The summed E-state index contributed by atoms with van der Waals surface area (Å²) in [5.74, 6) is 2.07. The van der Waals surface area contributed by atoms with E-state index in [4.69, 9.17) is 14.2 Å². The number of para-hydroxylation sites is 2. The van der Waals surface area contributed by atoms with E-state index in [-0.39, 0.29) is 19.1 Å². The van der Waals surface area contributed by atoms with Crippen LogP contribution in [0.4, 0.5) is 0 Å². The zero-order valence-electron chi connectivity index (χ0n) is 17.8. The maximum absolute atomic E-state index is 12.0. The fraction of sp³-hybridized carbons (Fsp3) is 0.217. The molecule has 0 bridgehead atoms. The molecule has 164 valence electrons. The standard InChI is InChI=1S/C23H23N5O4/c1-16-7-3-5-9-18(16)32-15-21(29)24-13-14-31-22-12-11-20-25-26-23(28(20)27-22)17-8-4-6-10-19(17)30-2/h3-12H,13-15H2,1-2H3,(H,24,29).